The minimum Gasteiger partial charge on any atom is -0.256 e. The molecule has 0 atom stereocenters. The molecule has 8 rings (SSSR count). The molecule has 0 saturated heterocycles. The van der Waals surface area contributed by atoms with Crippen molar-refractivity contribution in [3.63, 3.8) is 0 Å². The molecule has 0 saturated carbocycles. The number of para-hydroxylation sites is 2. The van der Waals surface area contributed by atoms with Crippen LogP contribution in [-0.2, 0) is 0 Å². The first-order valence-corrected chi connectivity index (χ1v) is 14.5. The van der Waals surface area contributed by atoms with Crippen LogP contribution >= 0.6 is 0 Å². The maximum atomic E-state index is 5.02. The van der Waals surface area contributed by atoms with Crippen LogP contribution in [0.3, 0.4) is 0 Å². The average molecular weight is 564 g/mol. The first-order chi connectivity index (χ1) is 21.8. The topological polar surface area (TPSA) is 64.5 Å². The Morgan fingerprint density at radius 3 is 1.23 bits per heavy atom. The third-order valence-electron chi connectivity index (χ3n) is 7.76. The summed E-state index contributed by atoms with van der Waals surface area (Å²) in [4.78, 5) is 24.3. The van der Waals surface area contributed by atoms with Crippen molar-refractivity contribution in [2.75, 3.05) is 0 Å². The zero-order chi connectivity index (χ0) is 29.3. The molecule has 0 fully saturated rings. The lowest BCUT2D eigenvalue weighted by molar-refractivity contribution is 1.07. The predicted octanol–water partition coefficient (Wildman–Crippen LogP) is 9.30. The highest BCUT2D eigenvalue weighted by Gasteiger charge is 2.14. The highest BCUT2D eigenvalue weighted by molar-refractivity contribution is 5.85. The fourth-order valence-electron chi connectivity index (χ4n) is 5.48. The second kappa shape index (κ2) is 11.0. The summed E-state index contributed by atoms with van der Waals surface area (Å²) in [5.74, 6) is 1.85. The highest BCUT2D eigenvalue weighted by Crippen LogP contribution is 2.31. The van der Waals surface area contributed by atoms with E-state index >= 15 is 0 Å². The van der Waals surface area contributed by atoms with E-state index in [2.05, 4.69) is 58.5 Å². The van der Waals surface area contributed by atoms with Gasteiger partial charge in [0.05, 0.1) is 11.0 Å². The van der Waals surface area contributed by atoms with Crippen LogP contribution in [0.2, 0.25) is 0 Å². The van der Waals surface area contributed by atoms with Crippen LogP contribution in [0.1, 0.15) is 0 Å². The summed E-state index contributed by atoms with van der Waals surface area (Å²) in [5, 5.41) is 2.21. The van der Waals surface area contributed by atoms with Gasteiger partial charge in [0.25, 0.3) is 0 Å². The number of rotatable bonds is 5. The number of fused-ring (bicyclic) bond motifs is 2. The van der Waals surface area contributed by atoms with Crippen LogP contribution in [0.25, 0.3) is 78.2 Å². The van der Waals surface area contributed by atoms with Crippen molar-refractivity contribution in [3.8, 4) is 56.4 Å². The third kappa shape index (κ3) is 4.97. The lowest BCUT2D eigenvalue weighted by Gasteiger charge is -2.11. The van der Waals surface area contributed by atoms with Gasteiger partial charge in [-0.3, -0.25) is 9.97 Å². The maximum Gasteiger partial charge on any atom is 0.164 e. The molecule has 0 amide bonds. The molecular weight excluding hydrogens is 538 g/mol. The molecule has 0 aliphatic carbocycles. The lowest BCUT2D eigenvalue weighted by atomic mass is 10.0. The van der Waals surface area contributed by atoms with E-state index in [0.717, 1.165) is 60.8 Å². The normalized spacial score (nSPS) is 11.2. The fourth-order valence-corrected chi connectivity index (χ4v) is 5.48. The number of hydrogen-bond acceptors (Lipinski definition) is 5. The molecular formula is C39H25N5. The fraction of sp³-hybridized carbons (Fsp3) is 0. The van der Waals surface area contributed by atoms with Gasteiger partial charge in [-0.25, -0.2) is 15.0 Å². The zero-order valence-corrected chi connectivity index (χ0v) is 23.7. The molecule has 0 spiro atoms. The van der Waals surface area contributed by atoms with Crippen molar-refractivity contribution in [1.29, 1.82) is 0 Å². The monoisotopic (exact) mass is 563 g/mol. The van der Waals surface area contributed by atoms with Crippen molar-refractivity contribution in [3.05, 3.63) is 152 Å². The largest absolute Gasteiger partial charge is 0.256 e. The van der Waals surface area contributed by atoms with Crippen molar-refractivity contribution >= 4 is 21.8 Å². The molecule has 0 unspecified atom stereocenters. The lowest BCUT2D eigenvalue weighted by Crippen LogP contribution is -2.00. The molecule has 0 aliphatic rings. The Hall–Kier alpha value is -6.07. The van der Waals surface area contributed by atoms with Crippen molar-refractivity contribution in [2.45, 2.75) is 0 Å². The van der Waals surface area contributed by atoms with Gasteiger partial charge in [-0.1, -0.05) is 103 Å². The van der Waals surface area contributed by atoms with Gasteiger partial charge >= 0.3 is 0 Å². The van der Waals surface area contributed by atoms with E-state index in [4.69, 9.17) is 15.0 Å². The maximum absolute atomic E-state index is 5.02. The molecule has 5 aromatic carbocycles. The first kappa shape index (κ1) is 25.6. The summed E-state index contributed by atoms with van der Waals surface area (Å²) in [7, 11) is 0. The predicted molar refractivity (Wildman–Crippen MR) is 178 cm³/mol. The Balaban J connectivity index is 1.24. The van der Waals surface area contributed by atoms with Gasteiger partial charge in [0.2, 0.25) is 0 Å². The summed E-state index contributed by atoms with van der Waals surface area (Å²) in [6.45, 7) is 0. The van der Waals surface area contributed by atoms with E-state index in [1.807, 2.05) is 103 Å². The molecule has 5 heteroatoms. The summed E-state index contributed by atoms with van der Waals surface area (Å²) in [6.07, 6.45) is 3.84. The number of aromatic nitrogens is 5. The van der Waals surface area contributed by atoms with E-state index in [1.54, 1.807) is 0 Å². The van der Waals surface area contributed by atoms with Crippen molar-refractivity contribution < 1.29 is 0 Å². The minimum atomic E-state index is 0.613. The Bertz CT molecular complexity index is 2150. The molecule has 8 aromatic rings. The number of nitrogens with zero attached hydrogens (tertiary/aromatic N) is 5. The van der Waals surface area contributed by atoms with E-state index in [0.29, 0.717) is 17.5 Å². The molecule has 3 aromatic heterocycles. The Morgan fingerprint density at radius 1 is 0.295 bits per heavy atom. The molecule has 0 bridgehead atoms. The van der Waals surface area contributed by atoms with Crippen LogP contribution in [0.5, 0.6) is 0 Å². The van der Waals surface area contributed by atoms with E-state index in [-0.39, 0.29) is 0 Å². The number of hydrogen-bond donors (Lipinski definition) is 0. The van der Waals surface area contributed by atoms with E-state index in [9.17, 15) is 0 Å². The number of pyridine rings is 2. The van der Waals surface area contributed by atoms with Gasteiger partial charge in [-0.2, -0.15) is 0 Å². The molecule has 44 heavy (non-hydrogen) atoms. The quantitative estimate of drug-likeness (QED) is 0.209. The van der Waals surface area contributed by atoms with Crippen LogP contribution in [0.15, 0.2) is 152 Å². The Morgan fingerprint density at radius 2 is 0.705 bits per heavy atom. The van der Waals surface area contributed by atoms with Crippen LogP contribution < -0.4 is 0 Å². The Labute approximate surface area is 254 Å². The van der Waals surface area contributed by atoms with Crippen LogP contribution in [0.4, 0.5) is 0 Å². The van der Waals surface area contributed by atoms with Gasteiger partial charge in [0.1, 0.15) is 0 Å². The van der Waals surface area contributed by atoms with Gasteiger partial charge < -0.3 is 0 Å². The number of benzene rings is 5. The van der Waals surface area contributed by atoms with E-state index in [1.165, 1.54) is 0 Å². The third-order valence-corrected chi connectivity index (χ3v) is 7.76. The highest BCUT2D eigenvalue weighted by atomic mass is 15.0. The molecule has 0 N–H and O–H groups in total. The molecule has 206 valence electrons. The minimum absolute atomic E-state index is 0.613. The summed E-state index contributed by atoms with van der Waals surface area (Å²) in [6, 6.07) is 47.3. The van der Waals surface area contributed by atoms with Crippen molar-refractivity contribution in [1.82, 2.24) is 24.9 Å². The standard InChI is InChI=1S/C39H25N5/c1-2-10-26(11-3-1)37-42-38(31-16-8-14-27(20-31)33-22-29-12-4-6-18-35(29)40-24-33)44-39(43-37)32-17-9-15-28(21-32)34-23-30-13-5-7-19-36(30)41-25-34/h1-25H. The van der Waals surface area contributed by atoms with Crippen molar-refractivity contribution in [2.24, 2.45) is 0 Å². The van der Waals surface area contributed by atoms with E-state index < -0.39 is 0 Å². The van der Waals surface area contributed by atoms with Gasteiger partial charge in [-0.05, 0) is 47.5 Å². The molecule has 5 nitrogen and oxygen atoms in total. The van der Waals surface area contributed by atoms with Gasteiger partial charge in [0, 0.05) is 51.0 Å². The second-order valence-electron chi connectivity index (χ2n) is 10.7. The average Bonchev–Trinajstić information content (AvgIpc) is 3.11. The summed E-state index contributed by atoms with van der Waals surface area (Å²) >= 11 is 0. The first-order valence-electron chi connectivity index (χ1n) is 14.5. The van der Waals surface area contributed by atoms with Gasteiger partial charge in [0.15, 0.2) is 17.5 Å². The summed E-state index contributed by atoms with van der Waals surface area (Å²) < 4.78 is 0. The van der Waals surface area contributed by atoms with Gasteiger partial charge in [-0.15, -0.1) is 0 Å². The summed E-state index contributed by atoms with van der Waals surface area (Å²) in [5.41, 5.74) is 8.89. The zero-order valence-electron chi connectivity index (χ0n) is 23.7. The molecule has 3 heterocycles. The van der Waals surface area contributed by atoms with Crippen LogP contribution in [-0.4, -0.2) is 24.9 Å². The Kier molecular flexibility index (Phi) is 6.39. The SMILES string of the molecule is c1ccc(-c2nc(-c3cccc(-c4cnc5ccccc5c4)c3)nc(-c3cccc(-c4cnc5ccccc5c4)c3)n2)cc1. The molecule has 0 radical (unpaired) electrons. The molecule has 0 aliphatic heterocycles. The smallest absolute Gasteiger partial charge is 0.164 e. The second-order valence-corrected chi connectivity index (χ2v) is 10.7. The van der Waals surface area contributed by atoms with Crippen LogP contribution in [0, 0.1) is 0 Å².